The molecular formula is C14H19NO5S. The molecule has 6 nitrogen and oxygen atoms in total. The van der Waals surface area contributed by atoms with E-state index in [1.54, 1.807) is 0 Å². The molecule has 0 saturated heterocycles. The molecule has 0 heterocycles. The Morgan fingerprint density at radius 3 is 2.62 bits per heavy atom. The van der Waals surface area contributed by atoms with E-state index in [0.29, 0.717) is 12.0 Å². The van der Waals surface area contributed by atoms with Gasteiger partial charge in [0.2, 0.25) is 0 Å². The van der Waals surface area contributed by atoms with Crippen molar-refractivity contribution in [2.45, 2.75) is 50.0 Å². The summed E-state index contributed by atoms with van der Waals surface area (Å²) in [6, 6.07) is 4.08. The van der Waals surface area contributed by atoms with E-state index in [9.17, 15) is 13.2 Å². The molecule has 0 aliphatic heterocycles. The summed E-state index contributed by atoms with van der Waals surface area (Å²) < 4.78 is 24.3. The molecule has 1 aromatic rings. The summed E-state index contributed by atoms with van der Waals surface area (Å²) >= 11 is 0. The number of hydrogen-bond donors (Lipinski definition) is 2. The summed E-state index contributed by atoms with van der Waals surface area (Å²) in [7, 11) is -3.86. The Bertz CT molecular complexity index is 620. The van der Waals surface area contributed by atoms with Crippen molar-refractivity contribution in [2.75, 3.05) is 0 Å². The lowest BCUT2D eigenvalue weighted by Gasteiger charge is -2.13. The molecule has 0 aromatic heterocycles. The molecule has 116 valence electrons. The largest absolute Gasteiger partial charge is 0.478 e. The zero-order valence-corrected chi connectivity index (χ0v) is 12.6. The van der Waals surface area contributed by atoms with Gasteiger partial charge >= 0.3 is 5.97 Å². The number of nitrogens with one attached hydrogen (secondary N) is 1. The quantitative estimate of drug-likeness (QED) is 0.785. The van der Waals surface area contributed by atoms with Gasteiger partial charge in [0.05, 0.1) is 16.6 Å². The fourth-order valence-corrected chi connectivity index (χ4v) is 3.29. The second kappa shape index (κ2) is 6.55. The van der Waals surface area contributed by atoms with Crippen LogP contribution in [0, 0.1) is 0 Å². The molecule has 21 heavy (non-hydrogen) atoms. The van der Waals surface area contributed by atoms with Crippen LogP contribution in [0.15, 0.2) is 23.1 Å². The predicted molar refractivity (Wildman–Crippen MR) is 76.4 cm³/mol. The van der Waals surface area contributed by atoms with Gasteiger partial charge in [-0.05, 0) is 37.0 Å². The predicted octanol–water partition coefficient (Wildman–Crippen LogP) is 2.10. The van der Waals surface area contributed by atoms with E-state index >= 15 is 0 Å². The molecular weight excluding hydrogens is 294 g/mol. The Morgan fingerprint density at radius 2 is 2.05 bits per heavy atom. The number of rotatable bonds is 6. The maximum Gasteiger partial charge on any atom is 0.336 e. The van der Waals surface area contributed by atoms with Crippen molar-refractivity contribution >= 4 is 16.0 Å². The topological polar surface area (TPSA) is 92.7 Å². The lowest BCUT2D eigenvalue weighted by Crippen LogP contribution is -2.28. The maximum absolute atomic E-state index is 12.1. The standard InChI is InChI=1S/C14H19NO5S/c1-2-10-7-8-12(9-13(10)14(16)17)21(18,19)15-20-11-5-3-4-6-11/h7-9,11,15H,2-6H2,1H3,(H,16,17). The first-order chi connectivity index (χ1) is 9.94. The SMILES string of the molecule is CCc1ccc(S(=O)(=O)NOC2CCCC2)cc1C(=O)O. The molecule has 1 aromatic carbocycles. The van der Waals surface area contributed by atoms with E-state index in [4.69, 9.17) is 9.94 Å². The molecule has 0 atom stereocenters. The van der Waals surface area contributed by atoms with Crippen molar-refractivity contribution in [3.8, 4) is 0 Å². The van der Waals surface area contributed by atoms with Gasteiger partial charge in [-0.25, -0.2) is 13.2 Å². The molecule has 1 aliphatic carbocycles. The summed E-state index contributed by atoms with van der Waals surface area (Å²) in [6.07, 6.45) is 4.14. The monoisotopic (exact) mass is 313 g/mol. The molecule has 2 rings (SSSR count). The van der Waals surface area contributed by atoms with E-state index in [1.807, 2.05) is 6.92 Å². The van der Waals surface area contributed by atoms with Gasteiger partial charge in [0.15, 0.2) is 0 Å². The van der Waals surface area contributed by atoms with Crippen molar-refractivity contribution in [2.24, 2.45) is 0 Å². The average molecular weight is 313 g/mol. The molecule has 0 bridgehead atoms. The summed E-state index contributed by atoms with van der Waals surface area (Å²) in [5, 5.41) is 9.14. The van der Waals surface area contributed by atoms with Crippen LogP contribution in [0.25, 0.3) is 0 Å². The van der Waals surface area contributed by atoms with E-state index in [0.717, 1.165) is 25.7 Å². The van der Waals surface area contributed by atoms with Crippen molar-refractivity contribution in [1.82, 2.24) is 4.89 Å². The maximum atomic E-state index is 12.1. The lowest BCUT2D eigenvalue weighted by atomic mass is 10.1. The third-order valence-electron chi connectivity index (χ3n) is 3.63. The smallest absolute Gasteiger partial charge is 0.336 e. The van der Waals surface area contributed by atoms with Crippen LogP contribution in [0.3, 0.4) is 0 Å². The van der Waals surface area contributed by atoms with Crippen LogP contribution in [-0.2, 0) is 21.3 Å². The Balaban J connectivity index is 2.18. The third kappa shape index (κ3) is 3.81. The molecule has 0 spiro atoms. The molecule has 7 heteroatoms. The minimum absolute atomic E-state index is 0.00115. The number of aryl methyl sites for hydroxylation is 1. The highest BCUT2D eigenvalue weighted by Crippen LogP contribution is 2.21. The third-order valence-corrected chi connectivity index (χ3v) is 4.82. The van der Waals surface area contributed by atoms with Gasteiger partial charge in [0, 0.05) is 0 Å². The van der Waals surface area contributed by atoms with Gasteiger partial charge in [-0.2, -0.15) is 0 Å². The van der Waals surface area contributed by atoms with Gasteiger partial charge in [-0.15, -0.1) is 0 Å². The minimum atomic E-state index is -3.86. The van der Waals surface area contributed by atoms with Crippen molar-refractivity contribution < 1.29 is 23.2 Å². The highest BCUT2D eigenvalue weighted by Gasteiger charge is 2.22. The Hall–Kier alpha value is -1.44. The Morgan fingerprint density at radius 1 is 1.38 bits per heavy atom. The van der Waals surface area contributed by atoms with Gasteiger partial charge in [0.1, 0.15) is 0 Å². The fraction of sp³-hybridized carbons (Fsp3) is 0.500. The molecule has 0 amide bonds. The second-order valence-electron chi connectivity index (χ2n) is 5.09. The number of carboxylic acid groups (broad SMARTS) is 1. The number of aromatic carboxylic acids is 1. The number of sulfonamides is 1. The summed E-state index contributed by atoms with van der Waals surface area (Å²) in [5.41, 5.74) is 0.597. The number of hydrogen-bond acceptors (Lipinski definition) is 4. The summed E-state index contributed by atoms with van der Waals surface area (Å²) in [5.74, 6) is -1.14. The molecule has 0 radical (unpaired) electrons. The fourth-order valence-electron chi connectivity index (χ4n) is 2.42. The van der Waals surface area contributed by atoms with Gasteiger partial charge in [-0.3, -0.25) is 4.84 Å². The lowest BCUT2D eigenvalue weighted by molar-refractivity contribution is 0.0223. The second-order valence-corrected chi connectivity index (χ2v) is 6.73. The first kappa shape index (κ1) is 15.9. The van der Waals surface area contributed by atoms with Crippen LogP contribution in [0.1, 0.15) is 48.5 Å². The molecule has 1 fully saturated rings. The van der Waals surface area contributed by atoms with Crippen molar-refractivity contribution in [3.63, 3.8) is 0 Å². The number of carboxylic acids is 1. The molecule has 1 saturated carbocycles. The Kier molecular flexibility index (Phi) is 4.97. The number of benzene rings is 1. The highest BCUT2D eigenvalue weighted by molar-refractivity contribution is 7.89. The summed E-state index contributed by atoms with van der Waals surface area (Å²) in [4.78, 5) is 18.4. The van der Waals surface area contributed by atoms with E-state index in [-0.39, 0.29) is 16.6 Å². The van der Waals surface area contributed by atoms with Crippen molar-refractivity contribution in [3.05, 3.63) is 29.3 Å². The zero-order valence-electron chi connectivity index (χ0n) is 11.8. The van der Waals surface area contributed by atoms with Crippen LogP contribution in [0.5, 0.6) is 0 Å². The highest BCUT2D eigenvalue weighted by atomic mass is 32.2. The van der Waals surface area contributed by atoms with Crippen LogP contribution >= 0.6 is 0 Å². The molecule has 0 unspecified atom stereocenters. The normalized spacial score (nSPS) is 16.2. The average Bonchev–Trinajstić information content (AvgIpc) is 2.97. The van der Waals surface area contributed by atoms with E-state index in [2.05, 4.69) is 4.89 Å². The first-order valence-electron chi connectivity index (χ1n) is 6.97. The number of carbonyl (C=O) groups is 1. The first-order valence-corrected chi connectivity index (χ1v) is 8.46. The molecule has 1 aliphatic rings. The van der Waals surface area contributed by atoms with Crippen LogP contribution in [0.4, 0.5) is 0 Å². The summed E-state index contributed by atoms with van der Waals surface area (Å²) in [6.45, 7) is 1.82. The Labute approximate surface area is 124 Å². The molecule has 2 N–H and O–H groups in total. The van der Waals surface area contributed by atoms with Crippen molar-refractivity contribution in [1.29, 1.82) is 0 Å². The van der Waals surface area contributed by atoms with Gasteiger partial charge < -0.3 is 5.11 Å². The minimum Gasteiger partial charge on any atom is -0.478 e. The van der Waals surface area contributed by atoms with E-state index in [1.165, 1.54) is 18.2 Å². The van der Waals surface area contributed by atoms with Gasteiger partial charge in [-0.1, -0.05) is 30.7 Å². The van der Waals surface area contributed by atoms with E-state index < -0.39 is 16.0 Å². The van der Waals surface area contributed by atoms with Crippen LogP contribution in [0.2, 0.25) is 0 Å². The van der Waals surface area contributed by atoms with Gasteiger partial charge in [0.25, 0.3) is 10.0 Å². The zero-order chi connectivity index (χ0) is 15.5. The van der Waals surface area contributed by atoms with Crippen LogP contribution < -0.4 is 4.89 Å². The van der Waals surface area contributed by atoms with Crippen LogP contribution in [-0.4, -0.2) is 25.6 Å².